The summed E-state index contributed by atoms with van der Waals surface area (Å²) in [5.41, 5.74) is 2.72. The molecule has 2 saturated heterocycles. The number of hydrazine groups is 1. The fraction of sp³-hybridized carbons (Fsp3) is 0.289. The summed E-state index contributed by atoms with van der Waals surface area (Å²) in [5.74, 6) is -0.209. The zero-order valence-electron chi connectivity index (χ0n) is 33.5. The molecule has 2 aliphatic rings. The van der Waals surface area contributed by atoms with Crippen molar-refractivity contribution in [2.75, 3.05) is 45.3 Å². The van der Waals surface area contributed by atoms with Crippen molar-refractivity contribution < 1.29 is 32.3 Å². The van der Waals surface area contributed by atoms with Gasteiger partial charge >= 0.3 is 0 Å². The van der Waals surface area contributed by atoms with Crippen molar-refractivity contribution in [3.63, 3.8) is 0 Å². The van der Waals surface area contributed by atoms with Crippen LogP contribution in [0.1, 0.15) is 41.6 Å². The van der Waals surface area contributed by atoms with E-state index < -0.39 is 37.0 Å². The van der Waals surface area contributed by atoms with Gasteiger partial charge in [-0.25, -0.2) is 9.99 Å². The first-order valence-corrected chi connectivity index (χ1v) is 21.9. The summed E-state index contributed by atoms with van der Waals surface area (Å²) in [4.78, 5) is 33.8. The minimum absolute atomic E-state index is 0.0371. The van der Waals surface area contributed by atoms with E-state index in [9.17, 15) is 23.3 Å². The number of nitro benzene ring substituents is 1. The highest BCUT2D eigenvalue weighted by molar-refractivity contribution is 7.89. The third-order valence-corrected chi connectivity index (χ3v) is 13.5. The number of halogens is 1. The number of nitro groups is 1. The highest BCUT2D eigenvalue weighted by atomic mass is 35.5. The number of rotatable bonds is 14. The Kier molecular flexibility index (Phi) is 12.4. The van der Waals surface area contributed by atoms with Gasteiger partial charge in [0, 0.05) is 69.1 Å². The van der Waals surface area contributed by atoms with Gasteiger partial charge in [-0.15, -0.1) is 0 Å². The molecule has 0 unspecified atom stereocenters. The molecular weight excluding hydrogens is 820 g/mol. The number of hydrogen-bond acceptors (Lipinski definition) is 11. The number of carbonyl (C=O) groups is 1. The second-order valence-corrected chi connectivity index (χ2v) is 17.5. The zero-order valence-corrected chi connectivity index (χ0v) is 35.0. The maximum absolute atomic E-state index is 15.0. The van der Waals surface area contributed by atoms with E-state index in [4.69, 9.17) is 25.8 Å². The van der Waals surface area contributed by atoms with E-state index in [2.05, 4.69) is 15.3 Å². The molecule has 2 N–H and O–H groups in total. The van der Waals surface area contributed by atoms with Crippen molar-refractivity contribution in [3.8, 4) is 22.6 Å². The van der Waals surface area contributed by atoms with Crippen LogP contribution >= 0.6 is 11.6 Å². The Labute approximate surface area is 358 Å². The standard InChI is InChI=1S/C45H45ClN6O8S/c1-58-45(28-34-6-2-3-7-38(34)32-10-12-35(46)13-11-32)19-22-50(23-20-45)51(44(53)39-8-4-5-9-42(39)60-36-26-33-16-21-47-43(33)49-30-36)61(56,57)37-14-15-40(41(27-37)52(54)55)48-29-31-17-24-59-25-18-31/h2-16,21,26-27,30-31,48H,17-20,22-25,28-29H2,1H3,(H,47,49). The van der Waals surface area contributed by atoms with E-state index in [1.54, 1.807) is 37.6 Å². The minimum atomic E-state index is -4.78. The number of H-pyrrole nitrogens is 1. The number of pyridine rings is 1. The van der Waals surface area contributed by atoms with Crippen LogP contribution in [0.2, 0.25) is 5.02 Å². The van der Waals surface area contributed by atoms with Crippen molar-refractivity contribution in [1.82, 2.24) is 19.4 Å². The van der Waals surface area contributed by atoms with Crippen LogP contribution in [0.15, 0.2) is 120 Å². The van der Waals surface area contributed by atoms with Gasteiger partial charge in [0.25, 0.3) is 21.6 Å². The number of sulfonamides is 1. The molecule has 0 atom stereocenters. The second-order valence-electron chi connectivity index (χ2n) is 15.3. The van der Waals surface area contributed by atoms with Crippen molar-refractivity contribution in [2.24, 2.45) is 5.92 Å². The largest absolute Gasteiger partial charge is 0.455 e. The van der Waals surface area contributed by atoms with Crippen LogP contribution < -0.4 is 10.1 Å². The van der Waals surface area contributed by atoms with Crippen LogP contribution in [-0.4, -0.2) is 84.2 Å². The molecule has 6 aromatic rings. The Morgan fingerprint density at radius 1 is 1.02 bits per heavy atom. The maximum Gasteiger partial charge on any atom is 0.293 e. The van der Waals surface area contributed by atoms with Crippen molar-refractivity contribution >= 4 is 49.9 Å². The summed E-state index contributed by atoms with van der Waals surface area (Å²) >= 11 is 6.20. The monoisotopic (exact) mass is 864 g/mol. The Hall–Kier alpha value is -5.84. The van der Waals surface area contributed by atoms with E-state index in [1.807, 2.05) is 54.6 Å². The van der Waals surface area contributed by atoms with E-state index >= 15 is 0 Å². The summed E-state index contributed by atoms with van der Waals surface area (Å²) in [5, 5.41) is 18.5. The number of benzene rings is 4. The molecule has 2 fully saturated rings. The molecule has 316 valence electrons. The molecule has 61 heavy (non-hydrogen) atoms. The molecule has 16 heteroatoms. The highest BCUT2D eigenvalue weighted by Crippen LogP contribution is 2.38. The molecule has 0 radical (unpaired) electrons. The van der Waals surface area contributed by atoms with Gasteiger partial charge in [0.15, 0.2) is 0 Å². The van der Waals surface area contributed by atoms with Gasteiger partial charge in [0.05, 0.1) is 27.2 Å². The van der Waals surface area contributed by atoms with Gasteiger partial charge in [-0.2, -0.15) is 12.8 Å². The molecule has 0 aliphatic carbocycles. The normalized spacial score (nSPS) is 16.0. The van der Waals surface area contributed by atoms with Crippen molar-refractivity contribution in [1.29, 1.82) is 0 Å². The van der Waals surface area contributed by atoms with Gasteiger partial charge in [0.1, 0.15) is 22.8 Å². The number of nitrogens with one attached hydrogen (secondary N) is 2. The number of fused-ring (bicyclic) bond motifs is 1. The van der Waals surface area contributed by atoms with Crippen LogP contribution in [0.25, 0.3) is 22.2 Å². The number of piperidine rings is 1. The number of aromatic nitrogens is 2. The molecule has 14 nitrogen and oxygen atoms in total. The zero-order chi connectivity index (χ0) is 42.6. The lowest BCUT2D eigenvalue weighted by atomic mass is 9.83. The van der Waals surface area contributed by atoms with E-state index in [1.165, 1.54) is 29.4 Å². The van der Waals surface area contributed by atoms with Crippen molar-refractivity contribution in [2.45, 2.75) is 42.6 Å². The van der Waals surface area contributed by atoms with Crippen molar-refractivity contribution in [3.05, 3.63) is 142 Å². The summed E-state index contributed by atoms with van der Waals surface area (Å²) < 4.78 is 48.6. The summed E-state index contributed by atoms with van der Waals surface area (Å²) in [6.07, 6.45) is 6.09. The molecule has 1 amide bonds. The first-order chi connectivity index (χ1) is 29.5. The fourth-order valence-corrected chi connectivity index (χ4v) is 9.68. The predicted molar refractivity (Wildman–Crippen MR) is 232 cm³/mol. The van der Waals surface area contributed by atoms with Crippen LogP contribution in [0.5, 0.6) is 11.5 Å². The number of hydrogen-bond donors (Lipinski definition) is 2. The highest BCUT2D eigenvalue weighted by Gasteiger charge is 2.43. The Balaban J connectivity index is 1.12. The molecular formula is C45H45ClN6O8S. The van der Waals surface area contributed by atoms with E-state index in [-0.39, 0.29) is 36.0 Å². The number of amides is 1. The smallest absolute Gasteiger partial charge is 0.293 e. The number of anilines is 1. The average Bonchev–Trinajstić information content (AvgIpc) is 3.75. The number of carbonyl (C=O) groups excluding carboxylic acids is 1. The quantitative estimate of drug-likeness (QED) is 0.0792. The SMILES string of the molecule is COC1(Cc2ccccc2-c2ccc(Cl)cc2)CCN(N(C(=O)c2ccccc2Oc2cnc3[nH]ccc3c2)S(=O)(=O)c2ccc(NCC3CCOCC3)c([N+](=O)[O-])c2)CC1. The average molecular weight is 865 g/mol. The van der Waals surface area contributed by atoms with Gasteiger partial charge in [-0.3, -0.25) is 14.9 Å². The van der Waals surface area contributed by atoms with Gasteiger partial charge in [-0.1, -0.05) is 60.1 Å². The van der Waals surface area contributed by atoms with E-state index in [0.717, 1.165) is 45.4 Å². The summed E-state index contributed by atoms with van der Waals surface area (Å²) in [6, 6.07) is 29.3. The molecule has 2 aromatic heterocycles. The number of ether oxygens (including phenoxy) is 3. The summed E-state index contributed by atoms with van der Waals surface area (Å²) in [7, 11) is -3.14. The fourth-order valence-electron chi connectivity index (χ4n) is 8.07. The Morgan fingerprint density at radius 3 is 2.51 bits per heavy atom. The second kappa shape index (κ2) is 18.0. The first kappa shape index (κ1) is 41.9. The first-order valence-electron chi connectivity index (χ1n) is 20.1. The number of methoxy groups -OCH3 is 1. The molecule has 0 saturated carbocycles. The molecule has 8 rings (SSSR count). The minimum Gasteiger partial charge on any atom is -0.455 e. The summed E-state index contributed by atoms with van der Waals surface area (Å²) in [6.45, 7) is 1.89. The molecule has 0 spiro atoms. The molecule has 0 bridgehead atoms. The van der Waals surface area contributed by atoms with Crippen LogP contribution in [0.3, 0.4) is 0 Å². The van der Waals surface area contributed by atoms with Gasteiger partial charge in [0.2, 0.25) is 0 Å². The lowest BCUT2D eigenvalue weighted by Gasteiger charge is -2.44. The van der Waals surface area contributed by atoms with Crippen LogP contribution in [-0.2, 0) is 25.9 Å². The van der Waals surface area contributed by atoms with Gasteiger partial charge in [-0.05, 0) is 96.8 Å². The molecule has 4 aromatic carbocycles. The van der Waals surface area contributed by atoms with Crippen LogP contribution in [0, 0.1) is 16.0 Å². The number of nitrogens with zero attached hydrogens (tertiary/aromatic N) is 4. The molecule has 2 aliphatic heterocycles. The lowest BCUT2D eigenvalue weighted by molar-refractivity contribution is -0.384. The Morgan fingerprint density at radius 2 is 1.75 bits per heavy atom. The Bertz CT molecular complexity index is 2640. The van der Waals surface area contributed by atoms with Gasteiger partial charge < -0.3 is 24.5 Å². The number of aromatic amines is 1. The lowest BCUT2D eigenvalue weighted by Crippen LogP contribution is -2.56. The number of para-hydroxylation sites is 1. The topological polar surface area (TPSA) is 169 Å². The maximum atomic E-state index is 15.0. The van der Waals surface area contributed by atoms with E-state index in [0.29, 0.717) is 55.4 Å². The third kappa shape index (κ3) is 9.11. The third-order valence-electron chi connectivity index (χ3n) is 11.5. The van der Waals surface area contributed by atoms with Crippen LogP contribution in [0.4, 0.5) is 11.4 Å². The molecule has 4 heterocycles. The predicted octanol–water partition coefficient (Wildman–Crippen LogP) is 8.89.